The topological polar surface area (TPSA) is 33.2 Å². The van der Waals surface area contributed by atoms with Gasteiger partial charge in [0.25, 0.3) is 0 Å². The summed E-state index contributed by atoms with van der Waals surface area (Å²) in [7, 11) is 1.84. The molecule has 0 atom stereocenters. The van der Waals surface area contributed by atoms with Gasteiger partial charge in [0.1, 0.15) is 0 Å². The van der Waals surface area contributed by atoms with E-state index in [9.17, 15) is 4.79 Å². The molecule has 0 unspecified atom stereocenters. The SMILES string of the molecule is CN(CCc1ccccn1)C(=O)CCc1cccc(Cl)c1. The number of hydrogen-bond donors (Lipinski definition) is 0. The van der Waals surface area contributed by atoms with Crippen LogP contribution in [0.15, 0.2) is 48.7 Å². The van der Waals surface area contributed by atoms with Gasteiger partial charge in [-0.25, -0.2) is 0 Å². The molecule has 21 heavy (non-hydrogen) atoms. The van der Waals surface area contributed by atoms with Crippen molar-refractivity contribution in [2.45, 2.75) is 19.3 Å². The number of hydrogen-bond acceptors (Lipinski definition) is 2. The molecule has 0 saturated heterocycles. The number of rotatable bonds is 6. The molecule has 0 aliphatic heterocycles. The molecule has 0 aliphatic rings. The number of likely N-dealkylation sites (N-methyl/N-ethyl adjacent to an activating group) is 1. The monoisotopic (exact) mass is 302 g/mol. The highest BCUT2D eigenvalue weighted by Crippen LogP contribution is 2.12. The van der Waals surface area contributed by atoms with Crippen LogP contribution in [0.1, 0.15) is 17.7 Å². The number of aryl methyl sites for hydroxylation is 1. The molecule has 0 bridgehead atoms. The van der Waals surface area contributed by atoms with E-state index in [4.69, 9.17) is 11.6 Å². The number of carbonyl (C=O) groups excluding carboxylic acids is 1. The van der Waals surface area contributed by atoms with Crippen molar-refractivity contribution in [2.75, 3.05) is 13.6 Å². The first-order valence-corrected chi connectivity index (χ1v) is 7.41. The Kier molecular flexibility index (Phi) is 5.76. The average Bonchev–Trinajstić information content (AvgIpc) is 2.51. The first-order chi connectivity index (χ1) is 10.1. The number of amides is 1. The summed E-state index contributed by atoms with van der Waals surface area (Å²) < 4.78 is 0. The molecule has 0 spiro atoms. The fraction of sp³-hybridized carbons (Fsp3) is 0.294. The third-order valence-electron chi connectivity index (χ3n) is 3.37. The summed E-state index contributed by atoms with van der Waals surface area (Å²) in [5.41, 5.74) is 2.10. The van der Waals surface area contributed by atoms with E-state index in [0.29, 0.717) is 24.4 Å². The van der Waals surface area contributed by atoms with Gasteiger partial charge in [0.15, 0.2) is 0 Å². The van der Waals surface area contributed by atoms with E-state index in [1.54, 1.807) is 11.1 Å². The predicted octanol–water partition coefficient (Wildman–Crippen LogP) is 3.37. The minimum Gasteiger partial charge on any atom is -0.345 e. The van der Waals surface area contributed by atoms with Gasteiger partial charge >= 0.3 is 0 Å². The summed E-state index contributed by atoms with van der Waals surface area (Å²) in [6.07, 6.45) is 3.77. The highest BCUT2D eigenvalue weighted by atomic mass is 35.5. The zero-order chi connectivity index (χ0) is 15.1. The minimum absolute atomic E-state index is 0.144. The molecular formula is C17H19ClN2O. The number of aromatic nitrogens is 1. The second kappa shape index (κ2) is 7.79. The Bertz CT molecular complexity index is 586. The van der Waals surface area contributed by atoms with Gasteiger partial charge in [-0.2, -0.15) is 0 Å². The van der Waals surface area contributed by atoms with Crippen molar-refractivity contribution in [3.05, 3.63) is 64.9 Å². The molecule has 2 rings (SSSR count). The van der Waals surface area contributed by atoms with Crippen LogP contribution in [0, 0.1) is 0 Å². The summed E-state index contributed by atoms with van der Waals surface area (Å²) >= 11 is 5.94. The maximum atomic E-state index is 12.1. The Labute approximate surface area is 130 Å². The Morgan fingerprint density at radius 1 is 1.19 bits per heavy atom. The third kappa shape index (κ3) is 5.20. The summed E-state index contributed by atoms with van der Waals surface area (Å²) in [4.78, 5) is 18.1. The number of benzene rings is 1. The second-order valence-corrected chi connectivity index (χ2v) is 5.45. The van der Waals surface area contributed by atoms with Gasteiger partial charge in [0.2, 0.25) is 5.91 Å². The van der Waals surface area contributed by atoms with Gasteiger partial charge in [-0.1, -0.05) is 29.8 Å². The van der Waals surface area contributed by atoms with Crippen LogP contribution in [-0.2, 0) is 17.6 Å². The van der Waals surface area contributed by atoms with Crippen molar-refractivity contribution >= 4 is 17.5 Å². The van der Waals surface area contributed by atoms with Gasteiger partial charge in [0.05, 0.1) is 0 Å². The molecule has 1 amide bonds. The quantitative estimate of drug-likeness (QED) is 0.819. The largest absolute Gasteiger partial charge is 0.345 e. The Hall–Kier alpha value is -1.87. The number of carbonyl (C=O) groups is 1. The summed E-state index contributed by atoms with van der Waals surface area (Å²) in [5, 5.41) is 0.712. The predicted molar refractivity (Wildman–Crippen MR) is 85.4 cm³/mol. The molecule has 110 valence electrons. The maximum Gasteiger partial charge on any atom is 0.222 e. The Balaban J connectivity index is 1.77. The summed E-state index contributed by atoms with van der Waals surface area (Å²) in [5.74, 6) is 0.144. The van der Waals surface area contributed by atoms with E-state index in [1.165, 1.54) is 0 Å². The maximum absolute atomic E-state index is 12.1. The van der Waals surface area contributed by atoms with Crippen molar-refractivity contribution in [3.8, 4) is 0 Å². The number of pyridine rings is 1. The number of halogens is 1. The molecular weight excluding hydrogens is 284 g/mol. The minimum atomic E-state index is 0.144. The molecule has 1 aromatic heterocycles. The van der Waals surface area contributed by atoms with Crippen molar-refractivity contribution in [3.63, 3.8) is 0 Å². The highest BCUT2D eigenvalue weighted by molar-refractivity contribution is 6.30. The normalized spacial score (nSPS) is 10.4. The second-order valence-electron chi connectivity index (χ2n) is 5.02. The van der Waals surface area contributed by atoms with Gasteiger partial charge in [-0.05, 0) is 36.2 Å². The molecule has 0 saturated carbocycles. The Morgan fingerprint density at radius 2 is 2.05 bits per heavy atom. The molecule has 4 heteroatoms. The van der Waals surface area contributed by atoms with Gasteiger partial charge in [-0.15, -0.1) is 0 Å². The molecule has 1 aromatic carbocycles. The van der Waals surface area contributed by atoms with Gasteiger partial charge in [0, 0.05) is 43.3 Å². The molecule has 1 heterocycles. The zero-order valence-corrected chi connectivity index (χ0v) is 12.9. The highest BCUT2D eigenvalue weighted by Gasteiger charge is 2.09. The molecule has 0 fully saturated rings. The van der Waals surface area contributed by atoms with Crippen LogP contribution < -0.4 is 0 Å². The van der Waals surface area contributed by atoms with Crippen LogP contribution in [0.25, 0.3) is 0 Å². The fourth-order valence-corrected chi connectivity index (χ4v) is 2.30. The lowest BCUT2D eigenvalue weighted by Crippen LogP contribution is -2.29. The molecule has 3 nitrogen and oxygen atoms in total. The van der Waals surface area contributed by atoms with Crippen LogP contribution in [0.4, 0.5) is 0 Å². The van der Waals surface area contributed by atoms with Crippen molar-refractivity contribution in [1.82, 2.24) is 9.88 Å². The third-order valence-corrected chi connectivity index (χ3v) is 3.61. The first-order valence-electron chi connectivity index (χ1n) is 7.03. The lowest BCUT2D eigenvalue weighted by molar-refractivity contribution is -0.129. The van der Waals surface area contributed by atoms with Crippen molar-refractivity contribution in [2.24, 2.45) is 0 Å². The standard InChI is InChI=1S/C17H19ClN2O/c1-20(12-10-16-7-2-3-11-19-16)17(21)9-8-14-5-4-6-15(18)13-14/h2-7,11,13H,8-10,12H2,1H3. The van der Waals surface area contributed by atoms with Gasteiger partial charge < -0.3 is 4.90 Å². The Morgan fingerprint density at radius 3 is 2.76 bits per heavy atom. The lowest BCUT2D eigenvalue weighted by atomic mass is 10.1. The fourth-order valence-electron chi connectivity index (χ4n) is 2.09. The van der Waals surface area contributed by atoms with Crippen LogP contribution in [0.5, 0.6) is 0 Å². The smallest absolute Gasteiger partial charge is 0.222 e. The van der Waals surface area contributed by atoms with E-state index in [0.717, 1.165) is 17.7 Å². The van der Waals surface area contributed by atoms with E-state index in [-0.39, 0.29) is 5.91 Å². The first kappa shape index (κ1) is 15.5. The van der Waals surface area contributed by atoms with Gasteiger partial charge in [-0.3, -0.25) is 9.78 Å². The van der Waals surface area contributed by atoms with E-state index < -0.39 is 0 Å². The van der Waals surface area contributed by atoms with Crippen LogP contribution in [0.3, 0.4) is 0 Å². The summed E-state index contributed by atoms with van der Waals surface area (Å²) in [6, 6.07) is 13.5. The van der Waals surface area contributed by atoms with Crippen molar-refractivity contribution in [1.29, 1.82) is 0 Å². The average molecular weight is 303 g/mol. The van der Waals surface area contributed by atoms with Crippen LogP contribution >= 0.6 is 11.6 Å². The van der Waals surface area contributed by atoms with Crippen LogP contribution in [0.2, 0.25) is 5.02 Å². The van der Waals surface area contributed by atoms with Crippen molar-refractivity contribution < 1.29 is 4.79 Å². The summed E-state index contributed by atoms with van der Waals surface area (Å²) in [6.45, 7) is 0.686. The van der Waals surface area contributed by atoms with E-state index in [1.807, 2.05) is 49.5 Å². The lowest BCUT2D eigenvalue weighted by Gasteiger charge is -2.17. The molecule has 0 N–H and O–H groups in total. The van der Waals surface area contributed by atoms with E-state index >= 15 is 0 Å². The zero-order valence-electron chi connectivity index (χ0n) is 12.1. The molecule has 0 radical (unpaired) electrons. The molecule has 0 aliphatic carbocycles. The number of nitrogens with zero attached hydrogens (tertiary/aromatic N) is 2. The van der Waals surface area contributed by atoms with E-state index in [2.05, 4.69) is 4.98 Å². The molecule has 2 aromatic rings. The van der Waals surface area contributed by atoms with Crippen LogP contribution in [-0.4, -0.2) is 29.4 Å².